The Bertz CT molecular complexity index is 403. The van der Waals surface area contributed by atoms with Crippen molar-refractivity contribution in [2.24, 2.45) is 5.92 Å². The molecule has 0 bridgehead atoms. The standard InChI is InChI=1S/C15H22O2/c1-11(2)9-13(16)10-15(3)7-4-5-12-6-8-17-14(12)15/h6,8,11H,4-5,7,9-10H2,1-3H3/t15-/m1/s1. The molecule has 1 aliphatic carbocycles. The van der Waals surface area contributed by atoms with E-state index in [1.165, 1.54) is 5.56 Å². The fraction of sp³-hybridized carbons (Fsp3) is 0.667. The van der Waals surface area contributed by atoms with Crippen LogP contribution in [0.15, 0.2) is 16.7 Å². The maximum Gasteiger partial charge on any atom is 0.134 e. The molecule has 0 aromatic carbocycles. The number of ketones is 1. The number of hydrogen-bond acceptors (Lipinski definition) is 2. The highest BCUT2D eigenvalue weighted by Gasteiger charge is 2.36. The van der Waals surface area contributed by atoms with Crippen molar-refractivity contribution in [3.05, 3.63) is 23.7 Å². The Morgan fingerprint density at radius 2 is 2.29 bits per heavy atom. The Morgan fingerprint density at radius 3 is 3.00 bits per heavy atom. The highest BCUT2D eigenvalue weighted by Crippen LogP contribution is 2.40. The number of carbonyl (C=O) groups excluding carboxylic acids is 1. The largest absolute Gasteiger partial charge is 0.468 e. The summed E-state index contributed by atoms with van der Waals surface area (Å²) < 4.78 is 5.63. The lowest BCUT2D eigenvalue weighted by Gasteiger charge is -2.31. The quantitative estimate of drug-likeness (QED) is 0.791. The van der Waals surface area contributed by atoms with E-state index in [-0.39, 0.29) is 5.41 Å². The Balaban J connectivity index is 2.13. The summed E-state index contributed by atoms with van der Waals surface area (Å²) in [4.78, 5) is 12.0. The molecule has 94 valence electrons. The Morgan fingerprint density at radius 1 is 1.53 bits per heavy atom. The van der Waals surface area contributed by atoms with Crippen LogP contribution in [0.2, 0.25) is 0 Å². The number of hydrogen-bond donors (Lipinski definition) is 0. The zero-order chi connectivity index (χ0) is 12.5. The molecule has 0 spiro atoms. The molecule has 1 heterocycles. The number of carbonyl (C=O) groups is 1. The van der Waals surface area contributed by atoms with Crippen LogP contribution in [0.5, 0.6) is 0 Å². The fourth-order valence-electron chi connectivity index (χ4n) is 2.98. The van der Waals surface area contributed by atoms with E-state index >= 15 is 0 Å². The van der Waals surface area contributed by atoms with Gasteiger partial charge in [0.25, 0.3) is 0 Å². The molecule has 0 amide bonds. The monoisotopic (exact) mass is 234 g/mol. The summed E-state index contributed by atoms with van der Waals surface area (Å²) >= 11 is 0. The molecule has 1 aromatic rings. The van der Waals surface area contributed by atoms with Gasteiger partial charge >= 0.3 is 0 Å². The predicted molar refractivity (Wildman–Crippen MR) is 68.1 cm³/mol. The molecular weight excluding hydrogens is 212 g/mol. The van der Waals surface area contributed by atoms with Gasteiger partial charge in [-0.05, 0) is 36.8 Å². The molecule has 2 rings (SSSR count). The first-order valence-electron chi connectivity index (χ1n) is 6.60. The first-order chi connectivity index (χ1) is 8.01. The molecule has 0 unspecified atom stereocenters. The van der Waals surface area contributed by atoms with Gasteiger partial charge in [-0.3, -0.25) is 4.79 Å². The maximum absolute atomic E-state index is 12.0. The second-order valence-electron chi connectivity index (χ2n) is 6.00. The van der Waals surface area contributed by atoms with Gasteiger partial charge in [0.05, 0.1) is 6.26 Å². The van der Waals surface area contributed by atoms with Crippen molar-refractivity contribution < 1.29 is 9.21 Å². The van der Waals surface area contributed by atoms with Crippen molar-refractivity contribution in [1.82, 2.24) is 0 Å². The van der Waals surface area contributed by atoms with Crippen LogP contribution in [-0.4, -0.2) is 5.78 Å². The van der Waals surface area contributed by atoms with Gasteiger partial charge in [0, 0.05) is 18.3 Å². The lowest BCUT2D eigenvalue weighted by atomic mass is 9.72. The Labute approximate surface area is 103 Å². The van der Waals surface area contributed by atoms with Crippen molar-refractivity contribution >= 4 is 5.78 Å². The molecule has 17 heavy (non-hydrogen) atoms. The summed E-state index contributed by atoms with van der Waals surface area (Å²) in [5.74, 6) is 1.87. The lowest BCUT2D eigenvalue weighted by Crippen LogP contribution is -2.29. The van der Waals surface area contributed by atoms with Gasteiger partial charge in [0.1, 0.15) is 11.5 Å². The van der Waals surface area contributed by atoms with Crippen molar-refractivity contribution in [2.45, 2.75) is 58.3 Å². The number of fused-ring (bicyclic) bond motifs is 1. The van der Waals surface area contributed by atoms with E-state index in [0.29, 0.717) is 24.5 Å². The topological polar surface area (TPSA) is 30.2 Å². The van der Waals surface area contributed by atoms with Crippen LogP contribution in [0.3, 0.4) is 0 Å². The average Bonchev–Trinajstić information content (AvgIpc) is 2.65. The van der Waals surface area contributed by atoms with E-state index in [0.717, 1.165) is 25.0 Å². The van der Waals surface area contributed by atoms with E-state index < -0.39 is 0 Å². The van der Waals surface area contributed by atoms with Gasteiger partial charge in [-0.25, -0.2) is 0 Å². The van der Waals surface area contributed by atoms with Crippen molar-refractivity contribution in [1.29, 1.82) is 0 Å². The third kappa shape index (κ3) is 2.62. The maximum atomic E-state index is 12.0. The molecule has 0 radical (unpaired) electrons. The molecule has 2 heteroatoms. The summed E-state index contributed by atoms with van der Waals surface area (Å²) in [6, 6.07) is 2.06. The van der Waals surface area contributed by atoms with Crippen LogP contribution < -0.4 is 0 Å². The van der Waals surface area contributed by atoms with Crippen LogP contribution in [-0.2, 0) is 16.6 Å². The van der Waals surface area contributed by atoms with Crippen LogP contribution in [0.1, 0.15) is 57.8 Å². The predicted octanol–water partition coefficient (Wildman–Crippen LogP) is 3.88. The minimum atomic E-state index is -0.0664. The summed E-state index contributed by atoms with van der Waals surface area (Å²) in [5.41, 5.74) is 1.24. The van der Waals surface area contributed by atoms with Gasteiger partial charge in [-0.15, -0.1) is 0 Å². The lowest BCUT2D eigenvalue weighted by molar-refractivity contribution is -0.121. The molecule has 0 saturated heterocycles. The van der Waals surface area contributed by atoms with Gasteiger partial charge < -0.3 is 4.42 Å². The summed E-state index contributed by atoms with van der Waals surface area (Å²) in [6.45, 7) is 6.37. The van der Waals surface area contributed by atoms with E-state index in [4.69, 9.17) is 4.42 Å². The molecule has 0 N–H and O–H groups in total. The molecule has 0 aliphatic heterocycles. The third-order valence-corrected chi connectivity index (χ3v) is 3.69. The molecule has 2 nitrogen and oxygen atoms in total. The van der Waals surface area contributed by atoms with E-state index in [1.807, 2.05) is 0 Å². The van der Waals surface area contributed by atoms with Crippen LogP contribution in [0.4, 0.5) is 0 Å². The van der Waals surface area contributed by atoms with E-state index in [1.54, 1.807) is 6.26 Å². The second kappa shape index (κ2) is 4.67. The Hall–Kier alpha value is -1.05. The van der Waals surface area contributed by atoms with Crippen molar-refractivity contribution in [3.63, 3.8) is 0 Å². The molecule has 0 fully saturated rings. The van der Waals surface area contributed by atoms with E-state index in [9.17, 15) is 4.79 Å². The highest BCUT2D eigenvalue weighted by atomic mass is 16.3. The minimum Gasteiger partial charge on any atom is -0.468 e. The molecule has 0 saturated carbocycles. The van der Waals surface area contributed by atoms with Crippen molar-refractivity contribution in [2.75, 3.05) is 0 Å². The van der Waals surface area contributed by atoms with Gasteiger partial charge in [-0.2, -0.15) is 0 Å². The number of rotatable bonds is 4. The van der Waals surface area contributed by atoms with Gasteiger partial charge in [-0.1, -0.05) is 20.8 Å². The fourth-order valence-corrected chi connectivity index (χ4v) is 2.98. The average molecular weight is 234 g/mol. The number of furan rings is 1. The SMILES string of the molecule is CC(C)CC(=O)C[C@@]1(C)CCCc2ccoc21. The molecule has 1 atom stereocenters. The summed E-state index contributed by atoms with van der Waals surface area (Å²) in [5, 5.41) is 0. The molecular formula is C15H22O2. The summed E-state index contributed by atoms with van der Waals surface area (Å²) in [7, 11) is 0. The van der Waals surface area contributed by atoms with Crippen molar-refractivity contribution in [3.8, 4) is 0 Å². The van der Waals surface area contributed by atoms with Gasteiger partial charge in [0.2, 0.25) is 0 Å². The van der Waals surface area contributed by atoms with E-state index in [2.05, 4.69) is 26.8 Å². The van der Waals surface area contributed by atoms with Crippen LogP contribution in [0, 0.1) is 5.92 Å². The summed E-state index contributed by atoms with van der Waals surface area (Å²) in [6.07, 6.45) is 6.41. The van der Waals surface area contributed by atoms with Crippen LogP contribution >= 0.6 is 0 Å². The molecule has 1 aromatic heterocycles. The zero-order valence-corrected chi connectivity index (χ0v) is 11.1. The highest BCUT2D eigenvalue weighted by molar-refractivity contribution is 5.80. The number of Topliss-reactive ketones (excluding diaryl/α,β-unsaturated/α-hetero) is 1. The number of aryl methyl sites for hydroxylation is 1. The smallest absolute Gasteiger partial charge is 0.134 e. The second-order valence-corrected chi connectivity index (χ2v) is 6.00. The Kier molecular flexibility index (Phi) is 3.41. The molecule has 1 aliphatic rings. The van der Waals surface area contributed by atoms with Gasteiger partial charge in [0.15, 0.2) is 0 Å². The first kappa shape index (κ1) is 12.4. The first-order valence-corrected chi connectivity index (χ1v) is 6.60. The zero-order valence-electron chi connectivity index (χ0n) is 11.1. The van der Waals surface area contributed by atoms with Crippen LogP contribution in [0.25, 0.3) is 0 Å². The normalized spacial score (nSPS) is 23.8. The third-order valence-electron chi connectivity index (χ3n) is 3.69. The minimum absolute atomic E-state index is 0.0664.